The molecule has 4 rings (SSSR count). The van der Waals surface area contributed by atoms with Crippen LogP contribution in [-0.4, -0.2) is 22.8 Å². The Hall–Kier alpha value is -2.24. The van der Waals surface area contributed by atoms with Crippen LogP contribution in [0.2, 0.25) is 0 Å². The van der Waals surface area contributed by atoms with Gasteiger partial charge in [-0.2, -0.15) is 10.5 Å². The van der Waals surface area contributed by atoms with Crippen LogP contribution < -0.4 is 0 Å². The number of Topliss-reactive ketones (excluding diaryl/α,β-unsaturated/α-hetero) is 1. The van der Waals surface area contributed by atoms with Gasteiger partial charge in [0.1, 0.15) is 6.07 Å². The van der Waals surface area contributed by atoms with Gasteiger partial charge in [0.05, 0.1) is 23.2 Å². The van der Waals surface area contributed by atoms with Crippen LogP contribution in [0.3, 0.4) is 0 Å². The Morgan fingerprint density at radius 2 is 1.76 bits per heavy atom. The number of nitriles is 2. The van der Waals surface area contributed by atoms with Crippen molar-refractivity contribution >= 4 is 11.6 Å². The summed E-state index contributed by atoms with van der Waals surface area (Å²) in [6.07, 6.45) is 7.88. The average Bonchev–Trinajstić information content (AvgIpc) is 2.84. The number of aliphatic hydroxyl groups is 1. The number of rotatable bonds is 4. The zero-order chi connectivity index (χ0) is 27.8. The molecule has 5 nitrogen and oxygen atoms in total. The van der Waals surface area contributed by atoms with Crippen LogP contribution in [0, 0.1) is 67.0 Å². The largest absolute Gasteiger partial charge is 0.393 e. The van der Waals surface area contributed by atoms with Crippen LogP contribution >= 0.6 is 0 Å². The van der Waals surface area contributed by atoms with Crippen molar-refractivity contribution in [2.24, 2.45) is 44.3 Å². The summed E-state index contributed by atoms with van der Waals surface area (Å²) in [4.78, 5) is 27.1. The van der Waals surface area contributed by atoms with Gasteiger partial charge >= 0.3 is 0 Å². The molecule has 2 fully saturated rings. The number of hydrogen-bond acceptors (Lipinski definition) is 5. The first-order valence-corrected chi connectivity index (χ1v) is 14.0. The molecule has 0 amide bonds. The van der Waals surface area contributed by atoms with Crippen LogP contribution in [0.1, 0.15) is 100 Å². The van der Waals surface area contributed by atoms with E-state index < -0.39 is 22.3 Å². The molecule has 0 bridgehead atoms. The Morgan fingerprint density at radius 1 is 1.11 bits per heavy atom. The molecule has 4 aliphatic rings. The van der Waals surface area contributed by atoms with E-state index >= 15 is 0 Å². The van der Waals surface area contributed by atoms with Crippen molar-refractivity contribution in [3.05, 3.63) is 23.3 Å². The number of carbonyl (C=O) groups is 2. The van der Waals surface area contributed by atoms with E-state index in [-0.39, 0.29) is 45.2 Å². The van der Waals surface area contributed by atoms with Crippen molar-refractivity contribution in [2.45, 2.75) is 106 Å². The predicted octanol–water partition coefficient (Wildman–Crippen LogP) is 6.48. The van der Waals surface area contributed by atoms with Crippen molar-refractivity contribution in [1.82, 2.24) is 0 Å². The van der Waals surface area contributed by atoms with E-state index in [1.165, 1.54) is 0 Å². The lowest BCUT2D eigenvalue weighted by atomic mass is 9.37. The summed E-state index contributed by atoms with van der Waals surface area (Å²) in [6, 6.07) is 4.71. The fourth-order valence-electron chi connectivity index (χ4n) is 8.72. The minimum Gasteiger partial charge on any atom is -0.393 e. The molecule has 0 aromatic heterocycles. The maximum atomic E-state index is 14.0. The zero-order valence-electron chi connectivity index (χ0n) is 24.0. The summed E-state index contributed by atoms with van der Waals surface area (Å²) in [7, 11) is 0. The average molecular weight is 505 g/mol. The molecular weight excluding hydrogens is 460 g/mol. The summed E-state index contributed by atoms with van der Waals surface area (Å²) in [5, 5.41) is 31.2. The number of ketones is 2. The van der Waals surface area contributed by atoms with E-state index in [9.17, 15) is 25.2 Å². The summed E-state index contributed by atoms with van der Waals surface area (Å²) >= 11 is 0. The third-order valence-corrected chi connectivity index (χ3v) is 12.1. The molecule has 7 atom stereocenters. The molecule has 1 N–H and O–H groups in total. The molecule has 0 saturated heterocycles. The van der Waals surface area contributed by atoms with Crippen molar-refractivity contribution in [1.29, 1.82) is 10.5 Å². The van der Waals surface area contributed by atoms with Crippen molar-refractivity contribution in [3.63, 3.8) is 0 Å². The Bertz CT molecular complexity index is 1180. The number of fused-ring (bicyclic) bond motifs is 5. The van der Waals surface area contributed by atoms with Gasteiger partial charge in [-0.3, -0.25) is 9.59 Å². The molecule has 0 aromatic carbocycles. The zero-order valence-corrected chi connectivity index (χ0v) is 24.0. The lowest BCUT2D eigenvalue weighted by Gasteiger charge is -2.66. The molecule has 0 aliphatic heterocycles. The fourth-order valence-corrected chi connectivity index (χ4v) is 8.72. The summed E-state index contributed by atoms with van der Waals surface area (Å²) < 4.78 is 0. The van der Waals surface area contributed by atoms with E-state index in [0.717, 1.165) is 31.3 Å². The number of nitrogens with zero attached hydrogens (tertiary/aromatic N) is 2. The topological polar surface area (TPSA) is 102 Å². The van der Waals surface area contributed by atoms with Gasteiger partial charge in [0.2, 0.25) is 0 Å². The van der Waals surface area contributed by atoms with E-state index in [0.29, 0.717) is 19.3 Å². The summed E-state index contributed by atoms with van der Waals surface area (Å²) in [5.74, 6) is -0.311. The molecule has 2 saturated carbocycles. The normalized spacial score (nSPS) is 41.7. The van der Waals surface area contributed by atoms with Gasteiger partial charge in [0.25, 0.3) is 0 Å². The highest BCUT2D eigenvalue weighted by Crippen LogP contribution is 2.72. The monoisotopic (exact) mass is 504 g/mol. The standard InChI is InChI=1S/C32H44N2O3/c1-9-27(2,3)25(36)17-32(19-34)13-12-30(7)21(16-32)22(35)14-24-29(6)15-20(18-33)26(37)28(4,5)23(29)10-11-31(24,30)8/h14-15,21,23,25,36H,9-13,16-17H2,1-8H3/t21-,23-,25?,29-,30+,31+,32-/m0/s1. The highest BCUT2D eigenvalue weighted by molar-refractivity contribution is 6.04. The first-order chi connectivity index (χ1) is 17.0. The second-order valence-corrected chi connectivity index (χ2v) is 14.5. The minimum atomic E-state index is -0.721. The third kappa shape index (κ3) is 3.64. The predicted molar refractivity (Wildman–Crippen MR) is 143 cm³/mol. The van der Waals surface area contributed by atoms with E-state index in [1.54, 1.807) is 0 Å². The van der Waals surface area contributed by atoms with Gasteiger partial charge in [-0.1, -0.05) is 67.0 Å². The minimum absolute atomic E-state index is 0.0186. The molecule has 0 spiro atoms. The number of allylic oxidation sites excluding steroid dienone is 4. The SMILES string of the molecule is CCC(C)(C)C(O)C[C@]1(C#N)CC[C@]2(C)[C@@H](C1)C(=O)C=C1[C@@]3(C)C=C(C#N)C(=O)C(C)(C)[C@@H]3CC[C@]12C. The van der Waals surface area contributed by atoms with Crippen LogP contribution in [0.5, 0.6) is 0 Å². The Kier molecular flexibility index (Phi) is 6.29. The maximum Gasteiger partial charge on any atom is 0.178 e. The first kappa shape index (κ1) is 27.8. The molecule has 37 heavy (non-hydrogen) atoms. The van der Waals surface area contributed by atoms with Crippen LogP contribution in [-0.2, 0) is 9.59 Å². The fraction of sp³-hybridized carbons (Fsp3) is 0.750. The Balaban J connectivity index is 1.79. The molecule has 0 radical (unpaired) electrons. The molecule has 0 aromatic rings. The highest BCUT2D eigenvalue weighted by atomic mass is 16.3. The van der Waals surface area contributed by atoms with Gasteiger partial charge in [0.15, 0.2) is 11.6 Å². The Labute approximate surface area is 223 Å². The number of hydrogen-bond donors (Lipinski definition) is 1. The van der Waals surface area contributed by atoms with Crippen LogP contribution in [0.25, 0.3) is 0 Å². The van der Waals surface area contributed by atoms with E-state index in [2.05, 4.69) is 39.8 Å². The van der Waals surface area contributed by atoms with Gasteiger partial charge < -0.3 is 5.11 Å². The molecule has 200 valence electrons. The van der Waals surface area contributed by atoms with Crippen LogP contribution in [0.4, 0.5) is 0 Å². The van der Waals surface area contributed by atoms with Gasteiger partial charge in [0, 0.05) is 16.7 Å². The molecule has 1 unspecified atom stereocenters. The summed E-state index contributed by atoms with van der Waals surface area (Å²) in [5.41, 5.74) is -1.59. The highest BCUT2D eigenvalue weighted by Gasteiger charge is 2.67. The van der Waals surface area contributed by atoms with Crippen molar-refractivity contribution in [3.8, 4) is 12.1 Å². The first-order valence-electron chi connectivity index (χ1n) is 14.0. The Morgan fingerprint density at radius 3 is 2.32 bits per heavy atom. The number of carbonyl (C=O) groups excluding carboxylic acids is 2. The van der Waals surface area contributed by atoms with Gasteiger partial charge in [-0.15, -0.1) is 0 Å². The van der Waals surface area contributed by atoms with E-state index in [1.807, 2.05) is 39.8 Å². The molecular formula is C32H44N2O3. The second kappa shape index (κ2) is 8.38. The lowest BCUT2D eigenvalue weighted by molar-refractivity contribution is -0.146. The maximum absolute atomic E-state index is 14.0. The number of aliphatic hydroxyl groups excluding tert-OH is 1. The van der Waals surface area contributed by atoms with E-state index in [4.69, 9.17) is 0 Å². The van der Waals surface area contributed by atoms with Crippen LogP contribution in [0.15, 0.2) is 23.3 Å². The van der Waals surface area contributed by atoms with Gasteiger partial charge in [-0.25, -0.2) is 0 Å². The lowest BCUT2D eigenvalue weighted by Crippen LogP contribution is -2.61. The second-order valence-electron chi connectivity index (χ2n) is 14.5. The van der Waals surface area contributed by atoms with Crippen molar-refractivity contribution in [2.75, 3.05) is 0 Å². The summed E-state index contributed by atoms with van der Waals surface area (Å²) in [6.45, 7) is 16.7. The van der Waals surface area contributed by atoms with Crippen molar-refractivity contribution < 1.29 is 14.7 Å². The quantitative estimate of drug-likeness (QED) is 0.472. The molecule has 5 heteroatoms. The smallest absolute Gasteiger partial charge is 0.178 e. The van der Waals surface area contributed by atoms with Gasteiger partial charge in [-0.05, 0) is 73.2 Å². The molecule has 4 aliphatic carbocycles. The molecule has 0 heterocycles. The third-order valence-electron chi connectivity index (χ3n) is 12.1.